The average molecular weight is 340 g/mol. The van der Waals surface area contributed by atoms with Crippen LogP contribution < -0.4 is 4.18 Å². The number of carbonyl (C=O) groups excluding carboxylic acids is 1. The molecule has 0 aliphatic carbocycles. The van der Waals surface area contributed by atoms with Crippen LogP contribution in [0.25, 0.3) is 0 Å². The number of methoxy groups -OCH3 is 1. The summed E-state index contributed by atoms with van der Waals surface area (Å²) in [6.45, 7) is 3.56. The Morgan fingerprint density at radius 3 is 2.00 bits per heavy atom. The van der Waals surface area contributed by atoms with E-state index in [4.69, 9.17) is 0 Å². The Bertz CT molecular complexity index is 620. The Morgan fingerprint density at radius 1 is 1.14 bits per heavy atom. The number of carbonyl (C=O) groups is 1. The van der Waals surface area contributed by atoms with E-state index in [1.165, 1.54) is 19.2 Å². The summed E-state index contributed by atoms with van der Waals surface area (Å²) in [6, 6.07) is 4.75. The normalized spacial score (nSPS) is 13.8. The Balaban J connectivity index is 3.03. The lowest BCUT2D eigenvalue weighted by atomic mass is 9.88. The van der Waals surface area contributed by atoms with Crippen LogP contribution in [0.3, 0.4) is 0 Å². The van der Waals surface area contributed by atoms with Gasteiger partial charge >= 0.3 is 21.6 Å². The summed E-state index contributed by atoms with van der Waals surface area (Å²) >= 11 is 0. The summed E-state index contributed by atoms with van der Waals surface area (Å²) < 4.78 is 67.0. The number of alkyl halides is 3. The topological polar surface area (TPSA) is 69.7 Å². The molecule has 0 saturated heterocycles. The molecule has 1 unspecified atom stereocenters. The third-order valence-corrected chi connectivity index (χ3v) is 3.83. The molecule has 0 bridgehead atoms. The van der Waals surface area contributed by atoms with Crippen LogP contribution >= 0.6 is 0 Å². The molecule has 0 aliphatic heterocycles. The Kier molecular flexibility index (Phi) is 5.44. The van der Waals surface area contributed by atoms with Gasteiger partial charge in [-0.15, -0.1) is 0 Å². The van der Waals surface area contributed by atoms with E-state index in [0.717, 1.165) is 12.1 Å². The van der Waals surface area contributed by atoms with Crippen molar-refractivity contribution in [2.75, 3.05) is 7.11 Å². The quantitative estimate of drug-likeness (QED) is 0.468. The monoisotopic (exact) mass is 340 g/mol. The van der Waals surface area contributed by atoms with Crippen molar-refractivity contribution < 1.29 is 35.3 Å². The molecule has 0 saturated carbocycles. The van der Waals surface area contributed by atoms with E-state index in [0.29, 0.717) is 5.56 Å². The maximum atomic E-state index is 12.2. The van der Waals surface area contributed by atoms with Crippen molar-refractivity contribution >= 4 is 16.1 Å². The second kappa shape index (κ2) is 6.55. The Labute approximate surface area is 126 Å². The van der Waals surface area contributed by atoms with Crippen LogP contribution in [0.2, 0.25) is 0 Å². The molecular formula is C13H15F3O5S. The number of ether oxygens (including phenoxy) is 1. The van der Waals surface area contributed by atoms with Crippen LogP contribution in [0.5, 0.6) is 5.75 Å². The second-order valence-electron chi connectivity index (χ2n) is 4.80. The molecule has 1 rings (SSSR count). The van der Waals surface area contributed by atoms with Crippen molar-refractivity contribution in [2.45, 2.75) is 25.3 Å². The average Bonchev–Trinajstić information content (AvgIpc) is 2.38. The molecule has 124 valence electrons. The van der Waals surface area contributed by atoms with Gasteiger partial charge in [-0.3, -0.25) is 4.79 Å². The molecule has 1 atom stereocenters. The van der Waals surface area contributed by atoms with Crippen molar-refractivity contribution in [3.63, 3.8) is 0 Å². The highest BCUT2D eigenvalue weighted by Gasteiger charge is 2.48. The number of benzene rings is 1. The fraction of sp³-hybridized carbons (Fsp3) is 0.462. The van der Waals surface area contributed by atoms with Crippen molar-refractivity contribution in [3.8, 4) is 5.75 Å². The minimum Gasteiger partial charge on any atom is -0.469 e. The zero-order valence-electron chi connectivity index (χ0n) is 12.0. The highest BCUT2D eigenvalue weighted by molar-refractivity contribution is 7.87. The molecule has 5 nitrogen and oxygen atoms in total. The minimum atomic E-state index is -5.71. The first-order chi connectivity index (χ1) is 9.99. The summed E-state index contributed by atoms with van der Waals surface area (Å²) in [5.74, 6) is -1.71. The summed E-state index contributed by atoms with van der Waals surface area (Å²) in [6.07, 6.45) is 0. The van der Waals surface area contributed by atoms with Crippen molar-refractivity contribution in [1.82, 2.24) is 0 Å². The summed E-state index contributed by atoms with van der Waals surface area (Å²) in [7, 11) is -4.49. The SMILES string of the molecule is COC(=O)C(c1ccc(OS(=O)(=O)C(F)(F)F)cc1)C(C)C. The van der Waals surface area contributed by atoms with E-state index in [-0.39, 0.29) is 5.92 Å². The van der Waals surface area contributed by atoms with Gasteiger partial charge in [-0.1, -0.05) is 26.0 Å². The summed E-state index contributed by atoms with van der Waals surface area (Å²) in [4.78, 5) is 11.7. The predicted octanol–water partition coefficient (Wildman–Crippen LogP) is 2.83. The Morgan fingerprint density at radius 2 is 1.64 bits per heavy atom. The molecule has 0 spiro atoms. The van der Waals surface area contributed by atoms with E-state index in [1.54, 1.807) is 13.8 Å². The molecule has 0 fully saturated rings. The zero-order valence-corrected chi connectivity index (χ0v) is 12.9. The molecule has 0 aromatic heterocycles. The predicted molar refractivity (Wildman–Crippen MR) is 71.6 cm³/mol. The van der Waals surface area contributed by atoms with E-state index in [9.17, 15) is 26.4 Å². The van der Waals surface area contributed by atoms with Gasteiger partial charge in [0.15, 0.2) is 0 Å². The van der Waals surface area contributed by atoms with Crippen LogP contribution in [0.15, 0.2) is 24.3 Å². The first-order valence-electron chi connectivity index (χ1n) is 6.18. The first kappa shape index (κ1) is 18.3. The van der Waals surface area contributed by atoms with Crippen molar-refractivity contribution in [2.24, 2.45) is 5.92 Å². The minimum absolute atomic E-state index is 0.113. The molecule has 0 heterocycles. The molecule has 0 radical (unpaired) electrons. The number of hydrogen-bond donors (Lipinski definition) is 0. The van der Waals surface area contributed by atoms with Gasteiger partial charge < -0.3 is 8.92 Å². The number of rotatable bonds is 5. The second-order valence-corrected chi connectivity index (χ2v) is 6.33. The third kappa shape index (κ3) is 4.12. The molecule has 1 aromatic rings. The maximum absolute atomic E-state index is 12.2. The highest BCUT2D eigenvalue weighted by Crippen LogP contribution is 2.30. The maximum Gasteiger partial charge on any atom is 0.534 e. The molecule has 9 heteroatoms. The van der Waals surface area contributed by atoms with Gasteiger partial charge in [-0.2, -0.15) is 21.6 Å². The van der Waals surface area contributed by atoms with Gasteiger partial charge in [0.1, 0.15) is 5.75 Å². The lowest BCUT2D eigenvalue weighted by molar-refractivity contribution is -0.143. The number of halogens is 3. The van der Waals surface area contributed by atoms with Crippen LogP contribution in [0.1, 0.15) is 25.3 Å². The van der Waals surface area contributed by atoms with Gasteiger partial charge in [0.2, 0.25) is 0 Å². The van der Waals surface area contributed by atoms with Crippen LogP contribution in [0.4, 0.5) is 13.2 Å². The van der Waals surface area contributed by atoms with E-state index in [1.807, 2.05) is 0 Å². The fourth-order valence-corrected chi connectivity index (χ4v) is 2.28. The summed E-state index contributed by atoms with van der Waals surface area (Å²) in [5.41, 5.74) is -5.02. The smallest absolute Gasteiger partial charge is 0.469 e. The Hall–Kier alpha value is -1.77. The first-order valence-corrected chi connectivity index (χ1v) is 7.59. The van der Waals surface area contributed by atoms with Gasteiger partial charge in [-0.25, -0.2) is 0 Å². The molecule has 0 amide bonds. The fourth-order valence-electron chi connectivity index (χ4n) is 1.82. The lowest BCUT2D eigenvalue weighted by Gasteiger charge is -2.19. The molecule has 0 N–H and O–H groups in total. The lowest BCUT2D eigenvalue weighted by Crippen LogP contribution is -2.28. The van der Waals surface area contributed by atoms with Crippen LogP contribution in [-0.4, -0.2) is 27.0 Å². The molecule has 22 heavy (non-hydrogen) atoms. The van der Waals surface area contributed by atoms with Gasteiger partial charge in [0.25, 0.3) is 0 Å². The highest BCUT2D eigenvalue weighted by atomic mass is 32.2. The summed E-state index contributed by atoms with van der Waals surface area (Å²) in [5, 5.41) is 0. The van der Waals surface area contributed by atoms with Crippen LogP contribution in [0, 0.1) is 5.92 Å². The van der Waals surface area contributed by atoms with Gasteiger partial charge in [0.05, 0.1) is 13.0 Å². The van der Waals surface area contributed by atoms with Crippen LogP contribution in [-0.2, 0) is 19.6 Å². The molecular weight excluding hydrogens is 325 g/mol. The standard InChI is InChI=1S/C13H15F3O5S/c1-8(2)11(12(17)20-3)9-4-6-10(7-5-9)21-22(18,19)13(14,15)16/h4-8,11H,1-3H3. The molecule has 0 aliphatic rings. The van der Waals surface area contributed by atoms with E-state index in [2.05, 4.69) is 8.92 Å². The zero-order chi connectivity index (χ0) is 17.1. The largest absolute Gasteiger partial charge is 0.534 e. The van der Waals surface area contributed by atoms with Crippen molar-refractivity contribution in [3.05, 3.63) is 29.8 Å². The third-order valence-electron chi connectivity index (χ3n) is 2.85. The van der Waals surface area contributed by atoms with Gasteiger partial charge in [-0.05, 0) is 23.6 Å². The van der Waals surface area contributed by atoms with E-state index < -0.39 is 33.3 Å². The number of esters is 1. The van der Waals surface area contributed by atoms with Gasteiger partial charge in [0, 0.05) is 0 Å². The van der Waals surface area contributed by atoms with Crippen molar-refractivity contribution in [1.29, 1.82) is 0 Å². The van der Waals surface area contributed by atoms with E-state index >= 15 is 0 Å². The number of hydrogen-bond acceptors (Lipinski definition) is 5. The molecule has 1 aromatic carbocycles.